The van der Waals surface area contributed by atoms with E-state index in [2.05, 4.69) is 5.32 Å². The van der Waals surface area contributed by atoms with E-state index in [0.717, 1.165) is 11.1 Å². The number of hydrogen-bond donors (Lipinski definition) is 1. The highest BCUT2D eigenvalue weighted by molar-refractivity contribution is 6.32. The first kappa shape index (κ1) is 24.2. The summed E-state index contributed by atoms with van der Waals surface area (Å²) in [7, 11) is 0. The van der Waals surface area contributed by atoms with Gasteiger partial charge in [0.1, 0.15) is 18.2 Å². The Bertz CT molecular complexity index is 1220. The van der Waals surface area contributed by atoms with Crippen molar-refractivity contribution in [3.63, 3.8) is 0 Å². The smallest absolute Gasteiger partial charge is 0.266 e. The van der Waals surface area contributed by atoms with E-state index in [1.54, 1.807) is 36.4 Å². The Kier molecular flexibility index (Phi) is 8.37. The Labute approximate surface area is 203 Å². The van der Waals surface area contributed by atoms with Crippen LogP contribution in [-0.2, 0) is 11.4 Å². The summed E-state index contributed by atoms with van der Waals surface area (Å²) in [5, 5.41) is 13.1. The molecule has 0 bridgehead atoms. The maximum atomic E-state index is 12.6. The zero-order chi connectivity index (χ0) is 23.8. The molecule has 33 heavy (non-hydrogen) atoms. The summed E-state index contributed by atoms with van der Waals surface area (Å²) in [6.07, 6.45) is 1.45. The lowest BCUT2D eigenvalue weighted by Crippen LogP contribution is -2.13. The van der Waals surface area contributed by atoms with Gasteiger partial charge in [0.25, 0.3) is 5.91 Å². The van der Waals surface area contributed by atoms with Gasteiger partial charge in [-0.3, -0.25) is 4.79 Å². The van der Waals surface area contributed by atoms with E-state index < -0.39 is 5.91 Å². The number of rotatable bonds is 8. The second-order valence-corrected chi connectivity index (χ2v) is 8.02. The van der Waals surface area contributed by atoms with Crippen LogP contribution in [-0.4, -0.2) is 12.5 Å². The van der Waals surface area contributed by atoms with Gasteiger partial charge in [-0.1, -0.05) is 53.0 Å². The molecule has 0 unspecified atom stereocenters. The molecule has 0 atom stereocenters. The summed E-state index contributed by atoms with van der Waals surface area (Å²) in [6, 6.07) is 19.8. The maximum absolute atomic E-state index is 12.6. The summed E-state index contributed by atoms with van der Waals surface area (Å²) in [5.41, 5.74) is 3.11. The van der Waals surface area contributed by atoms with Crippen molar-refractivity contribution in [1.82, 2.24) is 0 Å². The molecule has 0 radical (unpaired) electrons. The van der Waals surface area contributed by atoms with Crippen LogP contribution < -0.4 is 14.8 Å². The van der Waals surface area contributed by atoms with E-state index >= 15 is 0 Å². The number of halogens is 2. The zero-order valence-corrected chi connectivity index (χ0v) is 19.7. The number of benzene rings is 3. The second kappa shape index (κ2) is 11.4. The lowest BCUT2D eigenvalue weighted by atomic mass is 10.1. The third kappa shape index (κ3) is 6.76. The molecule has 0 fully saturated rings. The SMILES string of the molecule is CCOc1cc(/C=C(\C#N)C(=O)Nc2ccc(Cl)cc2)cc(Cl)c1OCc1cccc(C)c1. The number of carbonyl (C=O) groups excluding carboxylic acids is 1. The Morgan fingerprint density at radius 2 is 1.85 bits per heavy atom. The largest absolute Gasteiger partial charge is 0.490 e. The first-order chi connectivity index (χ1) is 15.9. The van der Waals surface area contributed by atoms with E-state index in [0.29, 0.717) is 46.0 Å². The molecule has 0 saturated carbocycles. The summed E-state index contributed by atoms with van der Waals surface area (Å²) in [5.74, 6) is 0.286. The molecule has 3 aromatic carbocycles. The monoisotopic (exact) mass is 480 g/mol. The van der Waals surface area contributed by atoms with Crippen LogP contribution in [0.2, 0.25) is 10.0 Å². The van der Waals surface area contributed by atoms with Gasteiger partial charge in [0, 0.05) is 10.7 Å². The summed E-state index contributed by atoms with van der Waals surface area (Å²) < 4.78 is 11.7. The van der Waals surface area contributed by atoms with E-state index in [-0.39, 0.29) is 5.57 Å². The number of ether oxygens (including phenoxy) is 2. The number of nitrogens with one attached hydrogen (secondary N) is 1. The molecular weight excluding hydrogens is 459 g/mol. The van der Waals surface area contributed by atoms with Crippen LogP contribution in [0, 0.1) is 18.3 Å². The number of nitrogens with zero attached hydrogens (tertiary/aromatic N) is 1. The zero-order valence-electron chi connectivity index (χ0n) is 18.2. The van der Waals surface area contributed by atoms with Gasteiger partial charge in [-0.25, -0.2) is 0 Å². The Hall–Kier alpha value is -3.46. The fourth-order valence-electron chi connectivity index (χ4n) is 3.08. The van der Waals surface area contributed by atoms with Gasteiger partial charge in [-0.05, 0) is 67.4 Å². The summed E-state index contributed by atoms with van der Waals surface area (Å²) >= 11 is 12.4. The topological polar surface area (TPSA) is 71.3 Å². The van der Waals surface area contributed by atoms with Gasteiger partial charge < -0.3 is 14.8 Å². The van der Waals surface area contributed by atoms with Crippen molar-refractivity contribution in [2.45, 2.75) is 20.5 Å². The number of amides is 1. The molecule has 0 aliphatic heterocycles. The standard InChI is InChI=1S/C26H22Cl2N2O3/c1-3-32-24-14-19(12-20(15-29)26(31)30-22-9-7-21(27)8-10-22)13-23(28)25(24)33-16-18-6-4-5-17(2)11-18/h4-14H,3,16H2,1-2H3,(H,30,31)/b20-12+. The highest BCUT2D eigenvalue weighted by atomic mass is 35.5. The van der Waals surface area contributed by atoms with Crippen molar-refractivity contribution >= 4 is 40.9 Å². The second-order valence-electron chi connectivity index (χ2n) is 7.17. The molecule has 3 rings (SSSR count). The third-order valence-electron chi connectivity index (χ3n) is 4.58. The average Bonchev–Trinajstić information content (AvgIpc) is 2.78. The van der Waals surface area contributed by atoms with Crippen molar-refractivity contribution in [2.75, 3.05) is 11.9 Å². The number of anilines is 1. The number of hydrogen-bond acceptors (Lipinski definition) is 4. The van der Waals surface area contributed by atoms with Gasteiger partial charge in [0.05, 0.1) is 11.6 Å². The summed E-state index contributed by atoms with van der Waals surface area (Å²) in [4.78, 5) is 12.6. The minimum Gasteiger partial charge on any atom is -0.490 e. The molecule has 0 heterocycles. The molecule has 1 N–H and O–H groups in total. The van der Waals surface area contributed by atoms with Gasteiger partial charge in [0.2, 0.25) is 0 Å². The minimum atomic E-state index is -0.548. The van der Waals surface area contributed by atoms with E-state index in [9.17, 15) is 10.1 Å². The van der Waals surface area contributed by atoms with Gasteiger partial charge in [-0.2, -0.15) is 5.26 Å². The normalized spacial score (nSPS) is 10.9. The van der Waals surface area contributed by atoms with Gasteiger partial charge in [-0.15, -0.1) is 0 Å². The van der Waals surface area contributed by atoms with Crippen molar-refractivity contribution in [1.29, 1.82) is 5.26 Å². The van der Waals surface area contributed by atoms with Gasteiger partial charge >= 0.3 is 0 Å². The predicted molar refractivity (Wildman–Crippen MR) is 132 cm³/mol. The average molecular weight is 481 g/mol. The summed E-state index contributed by atoms with van der Waals surface area (Å²) in [6.45, 7) is 4.58. The fraction of sp³-hybridized carbons (Fsp3) is 0.154. The van der Waals surface area contributed by atoms with Crippen molar-refractivity contribution in [2.24, 2.45) is 0 Å². The lowest BCUT2D eigenvalue weighted by Gasteiger charge is -2.15. The third-order valence-corrected chi connectivity index (χ3v) is 5.11. The molecule has 1 amide bonds. The van der Waals surface area contributed by atoms with Crippen molar-refractivity contribution in [3.05, 3.63) is 93.0 Å². The Balaban J connectivity index is 1.84. The number of aryl methyl sites for hydroxylation is 1. The van der Waals surface area contributed by atoms with Crippen molar-refractivity contribution in [3.8, 4) is 17.6 Å². The molecule has 0 aromatic heterocycles. The van der Waals surface area contributed by atoms with Crippen molar-refractivity contribution < 1.29 is 14.3 Å². The quantitative estimate of drug-likeness (QED) is 0.283. The Morgan fingerprint density at radius 1 is 1.09 bits per heavy atom. The van der Waals surface area contributed by atoms with Crippen LogP contribution in [0.1, 0.15) is 23.6 Å². The molecule has 5 nitrogen and oxygen atoms in total. The van der Waals surface area contributed by atoms with Crippen LogP contribution >= 0.6 is 23.2 Å². The first-order valence-corrected chi connectivity index (χ1v) is 11.0. The van der Waals surface area contributed by atoms with Crippen LogP contribution in [0.25, 0.3) is 6.08 Å². The van der Waals surface area contributed by atoms with Crippen LogP contribution in [0.3, 0.4) is 0 Å². The number of carbonyl (C=O) groups is 1. The van der Waals surface area contributed by atoms with Crippen LogP contribution in [0.4, 0.5) is 5.69 Å². The predicted octanol–water partition coefficient (Wildman–Crippen LogP) is 6.83. The van der Waals surface area contributed by atoms with Gasteiger partial charge in [0.15, 0.2) is 11.5 Å². The molecule has 3 aromatic rings. The molecule has 0 saturated heterocycles. The lowest BCUT2D eigenvalue weighted by molar-refractivity contribution is -0.112. The fourth-order valence-corrected chi connectivity index (χ4v) is 3.48. The van der Waals surface area contributed by atoms with Crippen LogP contribution in [0.15, 0.2) is 66.2 Å². The van der Waals surface area contributed by atoms with E-state index in [1.807, 2.05) is 44.2 Å². The molecule has 0 aliphatic carbocycles. The van der Waals surface area contributed by atoms with Crippen LogP contribution in [0.5, 0.6) is 11.5 Å². The molecule has 0 aliphatic rings. The number of nitriles is 1. The Morgan fingerprint density at radius 3 is 2.52 bits per heavy atom. The van der Waals surface area contributed by atoms with E-state index in [4.69, 9.17) is 32.7 Å². The molecule has 168 valence electrons. The molecule has 7 heteroatoms. The van der Waals surface area contributed by atoms with E-state index in [1.165, 1.54) is 6.08 Å². The molecular formula is C26H22Cl2N2O3. The minimum absolute atomic E-state index is 0.0862. The highest BCUT2D eigenvalue weighted by Crippen LogP contribution is 2.38. The maximum Gasteiger partial charge on any atom is 0.266 e. The molecule has 0 spiro atoms. The highest BCUT2D eigenvalue weighted by Gasteiger charge is 2.15. The first-order valence-electron chi connectivity index (χ1n) is 10.2.